The Kier molecular flexibility index (Phi) is 5.94. The van der Waals surface area contributed by atoms with Crippen LogP contribution in [0.1, 0.15) is 25.0 Å². The van der Waals surface area contributed by atoms with Gasteiger partial charge in [-0.25, -0.2) is 0 Å². The van der Waals surface area contributed by atoms with Crippen LogP contribution in [0, 0.1) is 6.92 Å². The summed E-state index contributed by atoms with van der Waals surface area (Å²) in [7, 11) is 0. The van der Waals surface area contributed by atoms with E-state index in [4.69, 9.17) is 0 Å². The van der Waals surface area contributed by atoms with Crippen LogP contribution in [0.4, 0.5) is 11.4 Å². The third kappa shape index (κ3) is 4.64. The predicted octanol–water partition coefficient (Wildman–Crippen LogP) is 3.71. The van der Waals surface area contributed by atoms with E-state index in [0.29, 0.717) is 12.6 Å². The first-order chi connectivity index (χ1) is 12.5. The fraction of sp³-hybridized carbons (Fsp3) is 0.409. The molecule has 4 nitrogen and oxygen atoms in total. The monoisotopic (exact) mass is 351 g/mol. The highest BCUT2D eigenvalue weighted by Gasteiger charge is 2.25. The van der Waals surface area contributed by atoms with Gasteiger partial charge in [0.25, 0.3) is 0 Å². The molecule has 26 heavy (non-hydrogen) atoms. The Morgan fingerprint density at radius 1 is 1.08 bits per heavy atom. The smallest absolute Gasteiger partial charge is 0.238 e. The molecule has 3 rings (SSSR count). The molecule has 0 saturated carbocycles. The fourth-order valence-corrected chi connectivity index (χ4v) is 3.52. The SMILES string of the molecule is CCc1ccc(NC(=O)CN2CCN(c3ccc(C)cc3)C(C)C2)cc1. The molecule has 1 atom stereocenters. The molecular weight excluding hydrogens is 322 g/mol. The van der Waals surface area contributed by atoms with E-state index >= 15 is 0 Å². The van der Waals surface area contributed by atoms with Crippen LogP contribution in [-0.4, -0.2) is 43.0 Å². The van der Waals surface area contributed by atoms with Gasteiger partial charge in [0.1, 0.15) is 0 Å². The van der Waals surface area contributed by atoms with Gasteiger partial charge in [-0.3, -0.25) is 9.69 Å². The summed E-state index contributed by atoms with van der Waals surface area (Å²) in [4.78, 5) is 17.0. The minimum Gasteiger partial charge on any atom is -0.366 e. The van der Waals surface area contributed by atoms with Crippen molar-refractivity contribution in [2.45, 2.75) is 33.2 Å². The summed E-state index contributed by atoms with van der Waals surface area (Å²) in [5.41, 5.74) is 4.70. The summed E-state index contributed by atoms with van der Waals surface area (Å²) in [5, 5.41) is 3.01. The van der Waals surface area contributed by atoms with Crippen LogP contribution >= 0.6 is 0 Å². The van der Waals surface area contributed by atoms with E-state index in [2.05, 4.69) is 72.3 Å². The maximum absolute atomic E-state index is 12.4. The number of rotatable bonds is 5. The lowest BCUT2D eigenvalue weighted by atomic mass is 10.1. The number of piperazine rings is 1. The Bertz CT molecular complexity index is 724. The first kappa shape index (κ1) is 18.5. The Labute approximate surface area is 156 Å². The fourth-order valence-electron chi connectivity index (χ4n) is 3.52. The van der Waals surface area contributed by atoms with Gasteiger partial charge >= 0.3 is 0 Å². The first-order valence-corrected chi connectivity index (χ1v) is 9.49. The van der Waals surface area contributed by atoms with E-state index in [1.165, 1.54) is 16.8 Å². The van der Waals surface area contributed by atoms with Gasteiger partial charge in [0.15, 0.2) is 0 Å². The molecule has 0 radical (unpaired) electrons. The van der Waals surface area contributed by atoms with Crippen molar-refractivity contribution in [1.29, 1.82) is 0 Å². The molecular formula is C22H29N3O. The van der Waals surface area contributed by atoms with E-state index in [0.717, 1.165) is 31.7 Å². The van der Waals surface area contributed by atoms with Crippen LogP contribution in [-0.2, 0) is 11.2 Å². The molecule has 4 heteroatoms. The van der Waals surface area contributed by atoms with Crippen molar-refractivity contribution in [3.8, 4) is 0 Å². The molecule has 2 aromatic rings. The average Bonchev–Trinajstić information content (AvgIpc) is 2.63. The topological polar surface area (TPSA) is 35.6 Å². The minimum absolute atomic E-state index is 0.0604. The number of benzene rings is 2. The van der Waals surface area contributed by atoms with Crippen molar-refractivity contribution in [2.24, 2.45) is 0 Å². The van der Waals surface area contributed by atoms with E-state index in [1.54, 1.807) is 0 Å². The van der Waals surface area contributed by atoms with Crippen LogP contribution in [0.5, 0.6) is 0 Å². The van der Waals surface area contributed by atoms with Crippen LogP contribution in [0.25, 0.3) is 0 Å². The molecule has 1 saturated heterocycles. The standard InChI is InChI=1S/C22H29N3O/c1-4-19-7-9-20(10-8-19)23-22(26)16-24-13-14-25(18(3)15-24)21-11-5-17(2)6-12-21/h5-12,18H,4,13-16H2,1-3H3,(H,23,26). The third-order valence-corrected chi connectivity index (χ3v) is 5.09. The highest BCUT2D eigenvalue weighted by molar-refractivity contribution is 5.92. The first-order valence-electron chi connectivity index (χ1n) is 9.49. The van der Waals surface area contributed by atoms with E-state index in [-0.39, 0.29) is 5.91 Å². The summed E-state index contributed by atoms with van der Waals surface area (Å²) in [6, 6.07) is 17.2. The zero-order chi connectivity index (χ0) is 18.5. The Balaban J connectivity index is 1.52. The molecule has 1 aliphatic rings. The number of carbonyl (C=O) groups excluding carboxylic acids is 1. The molecule has 1 aliphatic heterocycles. The van der Waals surface area contributed by atoms with E-state index in [9.17, 15) is 4.79 Å². The van der Waals surface area contributed by atoms with E-state index < -0.39 is 0 Å². The number of amides is 1. The lowest BCUT2D eigenvalue weighted by Gasteiger charge is -2.41. The second-order valence-electron chi connectivity index (χ2n) is 7.21. The van der Waals surface area contributed by atoms with Gasteiger partial charge in [0, 0.05) is 37.1 Å². The van der Waals surface area contributed by atoms with Gasteiger partial charge in [-0.2, -0.15) is 0 Å². The zero-order valence-electron chi connectivity index (χ0n) is 16.0. The number of anilines is 2. The molecule has 138 valence electrons. The van der Waals surface area contributed by atoms with Crippen molar-refractivity contribution >= 4 is 17.3 Å². The summed E-state index contributed by atoms with van der Waals surface area (Å²) >= 11 is 0. The van der Waals surface area contributed by atoms with Gasteiger partial charge in [-0.1, -0.05) is 36.8 Å². The van der Waals surface area contributed by atoms with Crippen molar-refractivity contribution in [2.75, 3.05) is 36.4 Å². The summed E-state index contributed by atoms with van der Waals surface area (Å²) < 4.78 is 0. The number of hydrogen-bond acceptors (Lipinski definition) is 3. The van der Waals surface area contributed by atoms with Crippen molar-refractivity contribution < 1.29 is 4.79 Å². The zero-order valence-corrected chi connectivity index (χ0v) is 16.0. The van der Waals surface area contributed by atoms with Crippen molar-refractivity contribution in [3.63, 3.8) is 0 Å². The molecule has 2 aromatic carbocycles. The maximum Gasteiger partial charge on any atom is 0.238 e. The van der Waals surface area contributed by atoms with Crippen LogP contribution in [0.15, 0.2) is 48.5 Å². The van der Waals surface area contributed by atoms with Crippen molar-refractivity contribution in [1.82, 2.24) is 4.90 Å². The molecule has 0 spiro atoms. The van der Waals surface area contributed by atoms with Crippen LogP contribution in [0.2, 0.25) is 0 Å². The summed E-state index contributed by atoms with van der Waals surface area (Å²) in [6.45, 7) is 9.67. The summed E-state index contributed by atoms with van der Waals surface area (Å²) in [5.74, 6) is 0.0604. The molecule has 0 aliphatic carbocycles. The lowest BCUT2D eigenvalue weighted by Crippen LogP contribution is -2.53. The summed E-state index contributed by atoms with van der Waals surface area (Å²) in [6.07, 6.45) is 1.01. The quantitative estimate of drug-likeness (QED) is 0.892. The molecule has 1 amide bonds. The molecule has 1 N–H and O–H groups in total. The Morgan fingerprint density at radius 3 is 2.38 bits per heavy atom. The number of nitrogens with one attached hydrogen (secondary N) is 1. The number of carbonyl (C=O) groups is 1. The van der Waals surface area contributed by atoms with E-state index in [1.807, 2.05) is 12.1 Å². The molecule has 1 heterocycles. The predicted molar refractivity (Wildman–Crippen MR) is 109 cm³/mol. The minimum atomic E-state index is 0.0604. The molecule has 1 unspecified atom stereocenters. The highest BCUT2D eigenvalue weighted by Crippen LogP contribution is 2.21. The van der Waals surface area contributed by atoms with Crippen molar-refractivity contribution in [3.05, 3.63) is 59.7 Å². The maximum atomic E-state index is 12.4. The van der Waals surface area contributed by atoms with Gasteiger partial charge in [-0.05, 0) is 50.1 Å². The largest absolute Gasteiger partial charge is 0.366 e. The Morgan fingerprint density at radius 2 is 1.77 bits per heavy atom. The second-order valence-corrected chi connectivity index (χ2v) is 7.21. The van der Waals surface area contributed by atoms with Crippen LogP contribution in [0.3, 0.4) is 0 Å². The number of hydrogen-bond donors (Lipinski definition) is 1. The third-order valence-electron chi connectivity index (χ3n) is 5.09. The average molecular weight is 351 g/mol. The van der Waals surface area contributed by atoms with Gasteiger partial charge in [-0.15, -0.1) is 0 Å². The molecule has 0 bridgehead atoms. The highest BCUT2D eigenvalue weighted by atomic mass is 16.2. The molecule has 0 aromatic heterocycles. The Hall–Kier alpha value is -2.33. The molecule has 1 fully saturated rings. The lowest BCUT2D eigenvalue weighted by molar-refractivity contribution is -0.117. The number of nitrogens with zero attached hydrogens (tertiary/aromatic N) is 2. The van der Waals surface area contributed by atoms with Crippen LogP contribution < -0.4 is 10.2 Å². The van der Waals surface area contributed by atoms with Gasteiger partial charge in [0.2, 0.25) is 5.91 Å². The normalized spacial score (nSPS) is 18.0. The van der Waals surface area contributed by atoms with Gasteiger partial charge < -0.3 is 10.2 Å². The second kappa shape index (κ2) is 8.37. The number of aryl methyl sites for hydroxylation is 2. The van der Waals surface area contributed by atoms with Gasteiger partial charge in [0.05, 0.1) is 6.54 Å².